The number of pyridine rings is 1. The SMILES string of the molecule is Cc1cc(-n2c(C(C)(C)CC#N)c(C3CCC(C(=O)O)CC3)c3nc4[nH]ncc4cc32)ccc1F. The molecule has 180 valence electrons. The smallest absolute Gasteiger partial charge is 0.306 e. The van der Waals surface area contributed by atoms with Crippen LogP contribution < -0.4 is 0 Å². The van der Waals surface area contributed by atoms with E-state index in [1.807, 2.05) is 12.1 Å². The molecule has 3 aromatic heterocycles. The molecule has 5 rings (SSSR count). The molecule has 2 N–H and O–H groups in total. The number of hydrogen-bond donors (Lipinski definition) is 2. The molecule has 0 amide bonds. The number of fused-ring (bicyclic) bond motifs is 2. The Morgan fingerprint density at radius 3 is 2.69 bits per heavy atom. The number of aromatic amines is 1. The first-order chi connectivity index (χ1) is 16.7. The Morgan fingerprint density at radius 2 is 2.03 bits per heavy atom. The summed E-state index contributed by atoms with van der Waals surface area (Å²) in [6.45, 7) is 5.85. The van der Waals surface area contributed by atoms with Crippen molar-refractivity contribution in [1.29, 1.82) is 5.26 Å². The van der Waals surface area contributed by atoms with E-state index in [1.165, 1.54) is 6.07 Å². The summed E-state index contributed by atoms with van der Waals surface area (Å²) < 4.78 is 16.3. The molecule has 0 aliphatic heterocycles. The molecule has 1 saturated carbocycles. The lowest BCUT2D eigenvalue weighted by Crippen LogP contribution is -2.26. The van der Waals surface area contributed by atoms with Crippen molar-refractivity contribution in [3.63, 3.8) is 0 Å². The van der Waals surface area contributed by atoms with Crippen molar-refractivity contribution in [2.75, 3.05) is 0 Å². The Balaban J connectivity index is 1.84. The number of benzene rings is 1. The predicted octanol–water partition coefficient (Wildman–Crippen LogP) is 5.90. The zero-order chi connectivity index (χ0) is 24.9. The predicted molar refractivity (Wildman–Crippen MR) is 131 cm³/mol. The van der Waals surface area contributed by atoms with E-state index in [1.54, 1.807) is 19.2 Å². The molecule has 3 heterocycles. The molecule has 35 heavy (non-hydrogen) atoms. The van der Waals surface area contributed by atoms with Gasteiger partial charge in [0.25, 0.3) is 0 Å². The van der Waals surface area contributed by atoms with E-state index in [2.05, 4.69) is 34.7 Å². The van der Waals surface area contributed by atoms with Crippen molar-refractivity contribution in [3.05, 3.63) is 53.1 Å². The number of halogens is 1. The first kappa shape index (κ1) is 23.0. The topological polar surface area (TPSA) is 108 Å². The molecule has 0 spiro atoms. The van der Waals surface area contributed by atoms with Crippen molar-refractivity contribution in [2.24, 2.45) is 5.92 Å². The molecule has 0 radical (unpaired) electrons. The number of nitrogens with zero attached hydrogens (tertiary/aromatic N) is 4. The monoisotopic (exact) mass is 473 g/mol. The maximum absolute atomic E-state index is 14.2. The minimum absolute atomic E-state index is 0.108. The first-order valence-corrected chi connectivity index (χ1v) is 12.0. The summed E-state index contributed by atoms with van der Waals surface area (Å²) in [6, 6.07) is 9.44. The second kappa shape index (κ2) is 8.49. The summed E-state index contributed by atoms with van der Waals surface area (Å²) in [5.41, 5.74) is 5.23. The van der Waals surface area contributed by atoms with Gasteiger partial charge in [0.05, 0.1) is 29.2 Å². The highest BCUT2D eigenvalue weighted by Gasteiger charge is 2.37. The van der Waals surface area contributed by atoms with Gasteiger partial charge in [0.15, 0.2) is 5.65 Å². The van der Waals surface area contributed by atoms with Crippen LogP contribution in [0.3, 0.4) is 0 Å². The van der Waals surface area contributed by atoms with Crippen LogP contribution >= 0.6 is 0 Å². The normalized spacial score (nSPS) is 18.7. The Labute approximate surface area is 202 Å². The number of nitriles is 1. The molecule has 1 aliphatic rings. The van der Waals surface area contributed by atoms with Gasteiger partial charge in [-0.05, 0) is 68.4 Å². The van der Waals surface area contributed by atoms with E-state index >= 15 is 0 Å². The lowest BCUT2D eigenvalue weighted by molar-refractivity contribution is -0.142. The average molecular weight is 474 g/mol. The first-order valence-electron chi connectivity index (χ1n) is 12.0. The van der Waals surface area contributed by atoms with Crippen molar-refractivity contribution in [3.8, 4) is 11.8 Å². The number of carbonyl (C=O) groups is 1. The number of aromatic nitrogens is 4. The fourth-order valence-corrected chi connectivity index (χ4v) is 5.59. The highest BCUT2D eigenvalue weighted by molar-refractivity contribution is 5.94. The third-order valence-corrected chi connectivity index (χ3v) is 7.43. The van der Waals surface area contributed by atoms with Crippen LogP contribution in [0.15, 0.2) is 30.5 Å². The van der Waals surface area contributed by atoms with E-state index < -0.39 is 11.4 Å². The summed E-state index contributed by atoms with van der Waals surface area (Å²) in [5, 5.41) is 27.2. The summed E-state index contributed by atoms with van der Waals surface area (Å²) in [7, 11) is 0. The molecule has 0 bridgehead atoms. The van der Waals surface area contributed by atoms with E-state index in [4.69, 9.17) is 4.98 Å². The number of nitrogens with one attached hydrogen (secondary N) is 1. The van der Waals surface area contributed by atoms with Gasteiger partial charge in [-0.25, -0.2) is 9.37 Å². The van der Waals surface area contributed by atoms with Crippen LogP contribution in [-0.4, -0.2) is 30.8 Å². The molecule has 7 nitrogen and oxygen atoms in total. The van der Waals surface area contributed by atoms with Crippen molar-refractivity contribution in [2.45, 2.75) is 64.2 Å². The average Bonchev–Trinajstić information content (AvgIpc) is 3.41. The van der Waals surface area contributed by atoms with Gasteiger partial charge in [-0.3, -0.25) is 9.89 Å². The summed E-state index contributed by atoms with van der Waals surface area (Å²) in [5.74, 6) is -1.24. The van der Waals surface area contributed by atoms with Gasteiger partial charge in [-0.2, -0.15) is 10.4 Å². The maximum atomic E-state index is 14.2. The number of H-pyrrole nitrogens is 1. The Hall–Kier alpha value is -3.73. The van der Waals surface area contributed by atoms with Crippen molar-refractivity contribution >= 4 is 28.0 Å². The molecule has 1 fully saturated rings. The van der Waals surface area contributed by atoms with Crippen LogP contribution in [0.4, 0.5) is 4.39 Å². The molecule has 0 unspecified atom stereocenters. The van der Waals surface area contributed by atoms with E-state index in [-0.39, 0.29) is 17.7 Å². The summed E-state index contributed by atoms with van der Waals surface area (Å²) in [6.07, 6.45) is 4.69. The van der Waals surface area contributed by atoms with E-state index in [9.17, 15) is 19.6 Å². The van der Waals surface area contributed by atoms with Crippen LogP contribution in [0.2, 0.25) is 0 Å². The second-order valence-electron chi connectivity index (χ2n) is 10.3. The second-order valence-corrected chi connectivity index (χ2v) is 10.3. The summed E-state index contributed by atoms with van der Waals surface area (Å²) in [4.78, 5) is 16.6. The quantitative estimate of drug-likeness (QED) is 0.375. The number of rotatable bonds is 5. The Bertz CT molecular complexity index is 1490. The van der Waals surface area contributed by atoms with Gasteiger partial charge in [0.1, 0.15) is 5.82 Å². The molecule has 0 atom stereocenters. The van der Waals surface area contributed by atoms with E-state index in [0.29, 0.717) is 30.5 Å². The fraction of sp³-hybridized carbons (Fsp3) is 0.407. The largest absolute Gasteiger partial charge is 0.481 e. The van der Waals surface area contributed by atoms with Gasteiger partial charge in [-0.1, -0.05) is 13.8 Å². The van der Waals surface area contributed by atoms with Crippen molar-refractivity contribution in [1.82, 2.24) is 19.7 Å². The van der Waals surface area contributed by atoms with Crippen LogP contribution in [0, 0.1) is 30.0 Å². The van der Waals surface area contributed by atoms with Gasteiger partial charge in [0, 0.05) is 34.2 Å². The number of carboxylic acids is 1. The third-order valence-electron chi connectivity index (χ3n) is 7.43. The van der Waals surface area contributed by atoms with Gasteiger partial charge in [0.2, 0.25) is 0 Å². The highest BCUT2D eigenvalue weighted by Crippen LogP contribution is 2.47. The maximum Gasteiger partial charge on any atom is 0.306 e. The molecule has 0 saturated heterocycles. The molecule has 8 heteroatoms. The lowest BCUT2D eigenvalue weighted by Gasteiger charge is -2.31. The Kier molecular flexibility index (Phi) is 5.59. The number of carboxylic acid groups (broad SMARTS) is 1. The lowest BCUT2D eigenvalue weighted by atomic mass is 9.74. The minimum atomic E-state index is -0.741. The number of hydrogen-bond acceptors (Lipinski definition) is 4. The van der Waals surface area contributed by atoms with Gasteiger partial charge >= 0.3 is 5.97 Å². The molecule has 4 aromatic rings. The van der Waals surface area contributed by atoms with Crippen molar-refractivity contribution < 1.29 is 14.3 Å². The van der Waals surface area contributed by atoms with Crippen LogP contribution in [-0.2, 0) is 10.2 Å². The zero-order valence-corrected chi connectivity index (χ0v) is 20.1. The highest BCUT2D eigenvalue weighted by atomic mass is 19.1. The summed E-state index contributed by atoms with van der Waals surface area (Å²) >= 11 is 0. The number of aryl methyl sites for hydroxylation is 1. The fourth-order valence-electron chi connectivity index (χ4n) is 5.59. The Morgan fingerprint density at radius 1 is 1.29 bits per heavy atom. The van der Waals surface area contributed by atoms with Crippen LogP contribution in [0.5, 0.6) is 0 Å². The molecular formula is C27H28FN5O2. The van der Waals surface area contributed by atoms with Gasteiger partial charge < -0.3 is 9.67 Å². The molecule has 1 aliphatic carbocycles. The molecular weight excluding hydrogens is 445 g/mol. The standard InChI is InChI=1S/C27H28FN5O2/c1-15-12-19(8-9-20(15)28)33-21-13-18-14-30-32-25(18)31-23(21)22(24(33)27(2,3)10-11-29)16-4-6-17(7-5-16)26(34)35/h8-9,12-14,16-17H,4-7,10H2,1-3H3,(H,34,35)(H,30,31,32). The minimum Gasteiger partial charge on any atom is -0.481 e. The van der Waals surface area contributed by atoms with E-state index in [0.717, 1.165) is 46.2 Å². The molecule has 1 aromatic carbocycles. The van der Waals surface area contributed by atoms with Crippen LogP contribution in [0.1, 0.15) is 68.7 Å². The van der Waals surface area contributed by atoms with Gasteiger partial charge in [-0.15, -0.1) is 0 Å². The number of aliphatic carboxylic acids is 1. The zero-order valence-electron chi connectivity index (χ0n) is 20.1. The van der Waals surface area contributed by atoms with Crippen LogP contribution in [0.25, 0.3) is 27.8 Å². The third kappa shape index (κ3) is 3.85.